The summed E-state index contributed by atoms with van der Waals surface area (Å²) in [7, 11) is 0. The average molecular weight is 384 g/mol. The third-order valence-corrected chi connectivity index (χ3v) is 5.12. The second kappa shape index (κ2) is 7.92. The smallest absolute Gasteiger partial charge is 0.299 e. The Hall–Kier alpha value is -3.03. The molecule has 1 aliphatic carbocycles. The molecule has 0 bridgehead atoms. The molecular formula is C20H21FN4O3. The SMILES string of the molecule is O=C(CCn1cnc2c(-c3ccc(F)cc3)noc2c1=O)NC1CCCCC1. The average Bonchev–Trinajstić information content (AvgIpc) is 3.14. The van der Waals surface area contributed by atoms with E-state index in [9.17, 15) is 14.0 Å². The summed E-state index contributed by atoms with van der Waals surface area (Å²) in [5.74, 6) is -0.429. The maximum atomic E-state index is 13.1. The molecular weight excluding hydrogens is 363 g/mol. The van der Waals surface area contributed by atoms with Crippen LogP contribution in [0.15, 0.2) is 39.9 Å². The Labute approximate surface area is 160 Å². The number of aryl methyl sites for hydroxylation is 1. The van der Waals surface area contributed by atoms with Gasteiger partial charge in [-0.2, -0.15) is 0 Å². The predicted molar refractivity (Wildman–Crippen MR) is 101 cm³/mol. The Bertz CT molecular complexity index is 1040. The van der Waals surface area contributed by atoms with Crippen LogP contribution in [-0.4, -0.2) is 26.7 Å². The number of carbonyl (C=O) groups excluding carboxylic acids is 1. The van der Waals surface area contributed by atoms with E-state index in [1.54, 1.807) is 12.1 Å². The molecule has 1 aliphatic rings. The highest BCUT2D eigenvalue weighted by Crippen LogP contribution is 2.24. The van der Waals surface area contributed by atoms with Gasteiger partial charge in [-0.3, -0.25) is 14.2 Å². The first-order valence-corrected chi connectivity index (χ1v) is 9.52. The van der Waals surface area contributed by atoms with Gasteiger partial charge in [0.2, 0.25) is 5.91 Å². The zero-order valence-electron chi connectivity index (χ0n) is 15.4. The summed E-state index contributed by atoms with van der Waals surface area (Å²) in [5, 5.41) is 6.95. The molecule has 28 heavy (non-hydrogen) atoms. The van der Waals surface area contributed by atoms with Crippen molar-refractivity contribution in [1.29, 1.82) is 0 Å². The number of benzene rings is 1. The maximum absolute atomic E-state index is 13.1. The first-order chi connectivity index (χ1) is 13.6. The summed E-state index contributed by atoms with van der Waals surface area (Å²) in [5.41, 5.74) is 0.941. The van der Waals surface area contributed by atoms with E-state index >= 15 is 0 Å². The van der Waals surface area contributed by atoms with E-state index in [0.29, 0.717) is 16.8 Å². The van der Waals surface area contributed by atoms with Gasteiger partial charge in [-0.1, -0.05) is 24.4 Å². The van der Waals surface area contributed by atoms with Gasteiger partial charge in [0.15, 0.2) is 0 Å². The van der Waals surface area contributed by atoms with Gasteiger partial charge >= 0.3 is 0 Å². The molecule has 1 amide bonds. The van der Waals surface area contributed by atoms with Crippen LogP contribution in [0.1, 0.15) is 38.5 Å². The largest absolute Gasteiger partial charge is 0.353 e. The number of fused-ring (bicyclic) bond motifs is 1. The van der Waals surface area contributed by atoms with Crippen molar-refractivity contribution in [3.05, 3.63) is 46.8 Å². The lowest BCUT2D eigenvalue weighted by atomic mass is 9.95. The lowest BCUT2D eigenvalue weighted by Gasteiger charge is -2.22. The van der Waals surface area contributed by atoms with Gasteiger partial charge in [-0.25, -0.2) is 9.37 Å². The lowest BCUT2D eigenvalue weighted by Crippen LogP contribution is -2.37. The van der Waals surface area contributed by atoms with Crippen LogP contribution < -0.4 is 10.9 Å². The van der Waals surface area contributed by atoms with Gasteiger partial charge in [-0.15, -0.1) is 0 Å². The number of halogens is 1. The standard InChI is InChI=1S/C20H21FN4O3/c21-14-8-6-13(7-9-14)17-18-19(28-24-17)20(27)25(12-22-18)11-10-16(26)23-15-4-2-1-3-5-15/h6-9,12,15H,1-5,10-11H2,(H,23,26). The van der Waals surface area contributed by atoms with E-state index in [2.05, 4.69) is 15.5 Å². The Morgan fingerprint density at radius 1 is 1.21 bits per heavy atom. The Morgan fingerprint density at radius 3 is 2.71 bits per heavy atom. The molecule has 1 saturated carbocycles. The molecule has 0 saturated heterocycles. The van der Waals surface area contributed by atoms with Crippen LogP contribution in [0.5, 0.6) is 0 Å². The molecule has 146 valence electrons. The molecule has 1 aromatic carbocycles. The predicted octanol–water partition coefficient (Wildman–Crippen LogP) is 3.03. The van der Waals surface area contributed by atoms with Crippen molar-refractivity contribution in [1.82, 2.24) is 20.0 Å². The molecule has 0 radical (unpaired) electrons. The monoisotopic (exact) mass is 384 g/mol. The molecule has 0 unspecified atom stereocenters. The number of hydrogen-bond donors (Lipinski definition) is 1. The fraction of sp³-hybridized carbons (Fsp3) is 0.400. The van der Waals surface area contributed by atoms with Crippen LogP contribution in [0, 0.1) is 5.82 Å². The fourth-order valence-corrected chi connectivity index (χ4v) is 3.58. The van der Waals surface area contributed by atoms with E-state index in [-0.39, 0.29) is 36.3 Å². The zero-order valence-corrected chi connectivity index (χ0v) is 15.4. The molecule has 8 heteroatoms. The third kappa shape index (κ3) is 3.81. The molecule has 1 N–H and O–H groups in total. The molecule has 0 aliphatic heterocycles. The number of aromatic nitrogens is 3. The van der Waals surface area contributed by atoms with Crippen molar-refractivity contribution in [2.75, 3.05) is 0 Å². The molecule has 7 nitrogen and oxygen atoms in total. The second-order valence-electron chi connectivity index (χ2n) is 7.11. The normalized spacial score (nSPS) is 15.0. The van der Waals surface area contributed by atoms with Gasteiger partial charge in [0.1, 0.15) is 17.0 Å². The first kappa shape index (κ1) is 18.3. The molecule has 3 aromatic rings. The van der Waals surface area contributed by atoms with Crippen molar-refractivity contribution < 1.29 is 13.7 Å². The quantitative estimate of drug-likeness (QED) is 0.730. The molecule has 1 fully saturated rings. The minimum Gasteiger partial charge on any atom is -0.353 e. The van der Waals surface area contributed by atoms with Crippen LogP contribution in [0.2, 0.25) is 0 Å². The van der Waals surface area contributed by atoms with Crippen molar-refractivity contribution >= 4 is 17.0 Å². The van der Waals surface area contributed by atoms with Crippen molar-refractivity contribution in [2.45, 2.75) is 51.1 Å². The third-order valence-electron chi connectivity index (χ3n) is 5.12. The summed E-state index contributed by atoms with van der Waals surface area (Å²) in [6.45, 7) is 0.215. The summed E-state index contributed by atoms with van der Waals surface area (Å²) in [6, 6.07) is 5.96. The van der Waals surface area contributed by atoms with Gasteiger partial charge in [-0.05, 0) is 37.1 Å². The van der Waals surface area contributed by atoms with Crippen molar-refractivity contribution in [2.24, 2.45) is 0 Å². The highest BCUT2D eigenvalue weighted by Gasteiger charge is 2.18. The highest BCUT2D eigenvalue weighted by atomic mass is 19.1. The summed E-state index contributed by atoms with van der Waals surface area (Å²) in [4.78, 5) is 29.1. The van der Waals surface area contributed by atoms with Gasteiger partial charge < -0.3 is 9.84 Å². The number of rotatable bonds is 5. The molecule has 4 rings (SSSR count). The van der Waals surface area contributed by atoms with E-state index in [1.165, 1.54) is 29.4 Å². The number of nitrogens with one attached hydrogen (secondary N) is 1. The Kier molecular flexibility index (Phi) is 5.18. The molecule has 2 aromatic heterocycles. The molecule has 0 atom stereocenters. The number of hydrogen-bond acceptors (Lipinski definition) is 5. The minimum absolute atomic E-state index is 0.0227. The van der Waals surface area contributed by atoms with E-state index < -0.39 is 5.56 Å². The van der Waals surface area contributed by atoms with Gasteiger partial charge in [0.25, 0.3) is 11.1 Å². The highest BCUT2D eigenvalue weighted by molar-refractivity contribution is 5.87. The molecule has 0 spiro atoms. The first-order valence-electron chi connectivity index (χ1n) is 9.52. The number of nitrogens with zero attached hydrogens (tertiary/aromatic N) is 3. The Balaban J connectivity index is 1.48. The van der Waals surface area contributed by atoms with E-state index in [0.717, 1.165) is 25.7 Å². The van der Waals surface area contributed by atoms with Crippen LogP contribution >= 0.6 is 0 Å². The fourth-order valence-electron chi connectivity index (χ4n) is 3.58. The maximum Gasteiger partial charge on any atom is 0.299 e. The Morgan fingerprint density at radius 2 is 1.96 bits per heavy atom. The van der Waals surface area contributed by atoms with Crippen LogP contribution in [0.25, 0.3) is 22.4 Å². The van der Waals surface area contributed by atoms with Crippen molar-refractivity contribution in [3.63, 3.8) is 0 Å². The molecule has 2 heterocycles. The topological polar surface area (TPSA) is 90.0 Å². The van der Waals surface area contributed by atoms with Crippen LogP contribution in [-0.2, 0) is 11.3 Å². The summed E-state index contributed by atoms with van der Waals surface area (Å²) in [6.07, 6.45) is 7.14. The van der Waals surface area contributed by atoms with Gasteiger partial charge in [0, 0.05) is 24.6 Å². The summed E-state index contributed by atoms with van der Waals surface area (Å²) < 4.78 is 19.7. The lowest BCUT2D eigenvalue weighted by molar-refractivity contribution is -0.122. The van der Waals surface area contributed by atoms with Crippen molar-refractivity contribution in [3.8, 4) is 11.3 Å². The zero-order chi connectivity index (χ0) is 19.5. The second-order valence-corrected chi connectivity index (χ2v) is 7.11. The van der Waals surface area contributed by atoms with Gasteiger partial charge in [0.05, 0.1) is 6.33 Å². The van der Waals surface area contributed by atoms with E-state index in [1.807, 2.05) is 0 Å². The van der Waals surface area contributed by atoms with Crippen LogP contribution in [0.3, 0.4) is 0 Å². The van der Waals surface area contributed by atoms with E-state index in [4.69, 9.17) is 4.52 Å². The number of carbonyl (C=O) groups is 1. The van der Waals surface area contributed by atoms with Crippen LogP contribution in [0.4, 0.5) is 4.39 Å². The minimum atomic E-state index is -0.392. The number of amides is 1. The summed E-state index contributed by atoms with van der Waals surface area (Å²) >= 11 is 0.